The molecule has 5 heteroatoms. The highest BCUT2D eigenvalue weighted by atomic mass is 28.1. The monoisotopic (exact) mass is 254 g/mol. The number of hydrogen-bond acceptors (Lipinski definition) is 4. The van der Waals surface area contributed by atoms with Crippen LogP contribution in [0.4, 0.5) is 0 Å². The molecule has 1 unspecified atom stereocenters. The fraction of sp³-hybridized carbons (Fsp3) is 0.417. The zero-order valence-corrected chi connectivity index (χ0v) is 12.6. The second-order valence-corrected chi connectivity index (χ2v) is 5.63. The molecule has 94 valence electrons. The van der Waals surface area contributed by atoms with Crippen LogP contribution in [0, 0.1) is 0 Å². The van der Waals surface area contributed by atoms with Crippen LogP contribution in [0.3, 0.4) is 0 Å². The average Bonchev–Trinajstić information content (AvgIpc) is 2.35. The third-order valence-electron chi connectivity index (χ3n) is 2.28. The third kappa shape index (κ3) is 3.66. The van der Waals surface area contributed by atoms with Crippen molar-refractivity contribution in [1.29, 1.82) is 0 Å². The lowest BCUT2D eigenvalue weighted by Gasteiger charge is -2.17. The predicted octanol–water partition coefficient (Wildman–Crippen LogP) is 0.998. The van der Waals surface area contributed by atoms with Gasteiger partial charge in [0.1, 0.15) is 5.75 Å². The van der Waals surface area contributed by atoms with Crippen molar-refractivity contribution in [3.63, 3.8) is 0 Å². The summed E-state index contributed by atoms with van der Waals surface area (Å²) in [6, 6.07) is 7.13. The molecule has 0 bridgehead atoms. The van der Waals surface area contributed by atoms with E-state index in [0.717, 1.165) is 10.2 Å². The van der Waals surface area contributed by atoms with Gasteiger partial charge in [0.05, 0.1) is 5.56 Å². The zero-order chi connectivity index (χ0) is 12.8. The molecule has 0 aliphatic carbocycles. The van der Waals surface area contributed by atoms with Gasteiger partial charge in [-0.3, -0.25) is 4.79 Å². The van der Waals surface area contributed by atoms with Crippen molar-refractivity contribution in [2.24, 2.45) is 0 Å². The summed E-state index contributed by atoms with van der Waals surface area (Å²) in [6.07, 6.45) is 0. The highest BCUT2D eigenvalue weighted by Crippen LogP contribution is 2.23. The Morgan fingerprint density at radius 3 is 2.35 bits per heavy atom. The molecule has 0 aliphatic rings. The minimum atomic E-state index is -0.798. The summed E-state index contributed by atoms with van der Waals surface area (Å²) in [7, 11) is 3.78. The fourth-order valence-electron chi connectivity index (χ4n) is 1.38. The van der Waals surface area contributed by atoms with Crippen LogP contribution in [0.15, 0.2) is 24.3 Å². The van der Waals surface area contributed by atoms with E-state index >= 15 is 0 Å². The quantitative estimate of drug-likeness (QED) is 0.431. The predicted molar refractivity (Wildman–Crippen MR) is 68.6 cm³/mol. The van der Waals surface area contributed by atoms with Gasteiger partial charge in [-0.05, 0) is 12.1 Å². The van der Waals surface area contributed by atoms with Crippen LogP contribution in [0.2, 0.25) is 5.54 Å². The second kappa shape index (κ2) is 6.54. The first-order valence-corrected chi connectivity index (χ1v) is 6.61. The average molecular weight is 254 g/mol. The van der Waals surface area contributed by atoms with Crippen LogP contribution in [0.5, 0.6) is 5.75 Å². The maximum atomic E-state index is 12.0. The lowest BCUT2D eigenvalue weighted by Crippen LogP contribution is -2.22. The van der Waals surface area contributed by atoms with Gasteiger partial charge in [0, 0.05) is 30.0 Å². The first kappa shape index (κ1) is 13.9. The smallest absolute Gasteiger partial charge is 0.315 e. The van der Waals surface area contributed by atoms with Crippen LogP contribution in [-0.2, 0) is 9.47 Å². The Morgan fingerprint density at radius 1 is 1.24 bits per heavy atom. The molecule has 0 saturated carbocycles. The molecule has 0 fully saturated rings. The Balaban J connectivity index is 2.95. The highest BCUT2D eigenvalue weighted by molar-refractivity contribution is 6.28. The zero-order valence-electron chi connectivity index (χ0n) is 10.6. The summed E-state index contributed by atoms with van der Waals surface area (Å²) in [5.41, 5.74) is 0.636. The van der Waals surface area contributed by atoms with Crippen molar-refractivity contribution in [1.82, 2.24) is 0 Å². The SMILES string of the molecule is COC(OC)Oc1ccccc1C(=O)C(C)[SiH3]. The van der Waals surface area contributed by atoms with Crippen LogP contribution < -0.4 is 4.74 Å². The minimum absolute atomic E-state index is 0.0586. The maximum Gasteiger partial charge on any atom is 0.315 e. The van der Waals surface area contributed by atoms with Gasteiger partial charge in [0.15, 0.2) is 5.78 Å². The van der Waals surface area contributed by atoms with E-state index in [4.69, 9.17) is 14.2 Å². The normalized spacial score (nSPS) is 12.7. The summed E-state index contributed by atoms with van der Waals surface area (Å²) in [5.74, 6) is 0.590. The topological polar surface area (TPSA) is 44.8 Å². The number of rotatable bonds is 6. The molecule has 0 spiro atoms. The van der Waals surface area contributed by atoms with Crippen molar-refractivity contribution in [3.8, 4) is 5.75 Å². The molecule has 0 aromatic heterocycles. The summed E-state index contributed by atoms with van der Waals surface area (Å²) in [5, 5.41) is 0. The van der Waals surface area contributed by atoms with Crippen molar-refractivity contribution in [2.45, 2.75) is 18.9 Å². The second-order valence-electron chi connectivity index (χ2n) is 3.89. The molecule has 0 aliphatic heterocycles. The summed E-state index contributed by atoms with van der Waals surface area (Å²) < 4.78 is 15.4. The molecule has 0 radical (unpaired) electrons. The summed E-state index contributed by atoms with van der Waals surface area (Å²) in [6.45, 7) is 1.11. The third-order valence-corrected chi connectivity index (χ3v) is 2.81. The number of methoxy groups -OCH3 is 2. The van der Waals surface area contributed by atoms with Gasteiger partial charge in [-0.2, -0.15) is 0 Å². The van der Waals surface area contributed by atoms with E-state index < -0.39 is 6.48 Å². The Labute approximate surface area is 104 Å². The van der Waals surface area contributed by atoms with E-state index in [1.807, 2.05) is 19.1 Å². The Morgan fingerprint density at radius 2 is 1.82 bits per heavy atom. The van der Waals surface area contributed by atoms with E-state index in [1.54, 1.807) is 12.1 Å². The molecule has 1 rings (SSSR count). The lowest BCUT2D eigenvalue weighted by atomic mass is 10.1. The lowest BCUT2D eigenvalue weighted by molar-refractivity contribution is -0.219. The van der Waals surface area contributed by atoms with Crippen LogP contribution in [0.25, 0.3) is 0 Å². The molecule has 4 nitrogen and oxygen atoms in total. The largest absolute Gasteiger partial charge is 0.440 e. The van der Waals surface area contributed by atoms with Crippen molar-refractivity contribution < 1.29 is 19.0 Å². The molecule has 1 aromatic carbocycles. The molecule has 0 amide bonds. The van der Waals surface area contributed by atoms with Gasteiger partial charge >= 0.3 is 6.48 Å². The Bertz CT molecular complexity index is 375. The molecule has 17 heavy (non-hydrogen) atoms. The molecule has 0 heterocycles. The van der Waals surface area contributed by atoms with E-state index in [9.17, 15) is 4.79 Å². The molecular weight excluding hydrogens is 236 g/mol. The first-order valence-electron chi connectivity index (χ1n) is 5.45. The van der Waals surface area contributed by atoms with Gasteiger partial charge in [0.2, 0.25) is 0 Å². The van der Waals surface area contributed by atoms with Crippen LogP contribution >= 0.6 is 0 Å². The standard InChI is InChI=1S/C12H18O4Si/c1-8(17)11(13)9-6-4-5-7-10(9)16-12(14-2)15-3/h4-8,12H,1-3,17H3. The number of carbonyl (C=O) groups excluding carboxylic acids is 1. The number of para-hydroxylation sites is 1. The van der Waals surface area contributed by atoms with Gasteiger partial charge in [0.25, 0.3) is 0 Å². The number of benzene rings is 1. The van der Waals surface area contributed by atoms with Gasteiger partial charge in [-0.1, -0.05) is 19.1 Å². The van der Waals surface area contributed by atoms with Crippen molar-refractivity contribution >= 4 is 16.0 Å². The summed E-state index contributed by atoms with van der Waals surface area (Å²) in [4.78, 5) is 12.0. The minimum Gasteiger partial charge on any atom is -0.440 e. The van der Waals surface area contributed by atoms with E-state index in [-0.39, 0.29) is 11.3 Å². The molecule has 1 atom stereocenters. The number of Topliss-reactive ketones (excluding diaryl/α,β-unsaturated/α-hetero) is 1. The Kier molecular flexibility index (Phi) is 5.34. The van der Waals surface area contributed by atoms with Crippen molar-refractivity contribution in [3.05, 3.63) is 29.8 Å². The van der Waals surface area contributed by atoms with E-state index in [1.165, 1.54) is 14.2 Å². The van der Waals surface area contributed by atoms with Gasteiger partial charge in [-0.25, -0.2) is 0 Å². The maximum absolute atomic E-state index is 12.0. The van der Waals surface area contributed by atoms with Crippen LogP contribution in [-0.4, -0.2) is 36.7 Å². The van der Waals surface area contributed by atoms with Crippen molar-refractivity contribution in [2.75, 3.05) is 14.2 Å². The van der Waals surface area contributed by atoms with E-state index in [0.29, 0.717) is 11.3 Å². The molecule has 0 N–H and O–H groups in total. The highest BCUT2D eigenvalue weighted by Gasteiger charge is 2.17. The first-order chi connectivity index (χ1) is 8.10. The molecule has 0 saturated heterocycles. The van der Waals surface area contributed by atoms with E-state index in [2.05, 4.69) is 0 Å². The number of ether oxygens (including phenoxy) is 3. The van der Waals surface area contributed by atoms with Crippen LogP contribution in [0.1, 0.15) is 17.3 Å². The molecule has 1 aromatic rings. The van der Waals surface area contributed by atoms with Gasteiger partial charge in [-0.15, -0.1) is 0 Å². The number of ketones is 1. The summed E-state index contributed by atoms with van der Waals surface area (Å²) >= 11 is 0. The Hall–Kier alpha value is -1.17. The van der Waals surface area contributed by atoms with Gasteiger partial charge < -0.3 is 14.2 Å². The number of hydrogen-bond donors (Lipinski definition) is 0. The number of carbonyl (C=O) groups is 1. The fourth-order valence-corrected chi connectivity index (χ4v) is 1.69. The molecular formula is C12H18O4Si.